The molecule has 6 nitrogen and oxygen atoms in total. The van der Waals surface area contributed by atoms with Gasteiger partial charge in [-0.05, 0) is 60.2 Å². The molecule has 164 valence electrons. The first-order valence-electron chi connectivity index (χ1n) is 11.1. The van der Waals surface area contributed by atoms with Crippen molar-refractivity contribution in [2.24, 2.45) is 11.3 Å². The third-order valence-corrected chi connectivity index (χ3v) is 6.41. The van der Waals surface area contributed by atoms with E-state index in [2.05, 4.69) is 59.0 Å². The molecule has 31 heavy (non-hydrogen) atoms. The number of carbonyl (C=O) groups is 2. The lowest BCUT2D eigenvalue weighted by Crippen LogP contribution is -2.37. The van der Waals surface area contributed by atoms with Crippen molar-refractivity contribution in [2.75, 3.05) is 29.9 Å². The Morgan fingerprint density at radius 1 is 1.03 bits per heavy atom. The zero-order valence-corrected chi connectivity index (χ0v) is 18.4. The Hall–Kier alpha value is -3.02. The summed E-state index contributed by atoms with van der Waals surface area (Å²) in [6, 6.07) is 16.7. The van der Waals surface area contributed by atoms with Crippen LogP contribution in [-0.2, 0) is 16.1 Å². The van der Waals surface area contributed by atoms with E-state index in [9.17, 15) is 9.59 Å². The maximum absolute atomic E-state index is 12.1. The Morgan fingerprint density at radius 3 is 2.23 bits per heavy atom. The van der Waals surface area contributed by atoms with Crippen molar-refractivity contribution in [1.29, 1.82) is 0 Å². The summed E-state index contributed by atoms with van der Waals surface area (Å²) in [4.78, 5) is 25.8. The van der Waals surface area contributed by atoms with Gasteiger partial charge in [0, 0.05) is 49.7 Å². The molecule has 6 heteroatoms. The number of carbonyl (C=O) groups excluding carboxylic acids is 2. The number of benzene rings is 2. The molecule has 1 unspecified atom stereocenters. The second-order valence-electron chi connectivity index (χ2n) is 9.44. The minimum atomic E-state index is -0.257. The summed E-state index contributed by atoms with van der Waals surface area (Å²) in [5.74, 6) is -0.380. The molecule has 0 saturated carbocycles. The van der Waals surface area contributed by atoms with Crippen LogP contribution in [0.1, 0.15) is 38.7 Å². The molecule has 0 radical (unpaired) electrons. The fraction of sp³-hybridized carbons (Fsp3) is 0.440. The monoisotopic (exact) mass is 420 g/mol. The Bertz CT molecular complexity index is 912. The molecule has 3 N–H and O–H groups in total. The van der Waals surface area contributed by atoms with E-state index in [4.69, 9.17) is 0 Å². The van der Waals surface area contributed by atoms with Crippen LogP contribution in [0, 0.1) is 11.3 Å². The molecule has 0 aliphatic carbocycles. The van der Waals surface area contributed by atoms with Gasteiger partial charge in [0.05, 0.1) is 5.92 Å². The fourth-order valence-corrected chi connectivity index (χ4v) is 4.12. The fourth-order valence-electron chi connectivity index (χ4n) is 4.12. The third kappa shape index (κ3) is 5.57. The number of hydrogen-bond acceptors (Lipinski definition) is 4. The van der Waals surface area contributed by atoms with E-state index in [0.29, 0.717) is 18.5 Å². The number of piperidine rings is 1. The van der Waals surface area contributed by atoms with Gasteiger partial charge in [-0.25, -0.2) is 0 Å². The highest BCUT2D eigenvalue weighted by Gasteiger charge is 2.27. The quantitative estimate of drug-likeness (QED) is 0.664. The Labute approximate surface area is 184 Å². The number of anilines is 3. The molecule has 1 atom stereocenters. The largest absolute Gasteiger partial charge is 0.371 e. The molecule has 0 bridgehead atoms. The predicted molar refractivity (Wildman–Crippen MR) is 124 cm³/mol. The zero-order chi connectivity index (χ0) is 21.8. The van der Waals surface area contributed by atoms with Crippen molar-refractivity contribution < 1.29 is 9.59 Å². The van der Waals surface area contributed by atoms with Crippen LogP contribution in [0.25, 0.3) is 0 Å². The van der Waals surface area contributed by atoms with Gasteiger partial charge in [0.25, 0.3) is 0 Å². The smallest absolute Gasteiger partial charge is 0.225 e. The van der Waals surface area contributed by atoms with Gasteiger partial charge in [0.1, 0.15) is 0 Å². The molecular formula is C25H32N4O2. The van der Waals surface area contributed by atoms with Gasteiger partial charge in [0.2, 0.25) is 11.8 Å². The van der Waals surface area contributed by atoms with Crippen molar-refractivity contribution in [3.63, 3.8) is 0 Å². The topological polar surface area (TPSA) is 73.5 Å². The normalized spacial score (nSPS) is 20.3. The standard InChI is InChI=1S/C25H32N4O2/c1-25(2)11-13-29(14-12-25)22-9-7-21(8-10-22)28-20-5-3-18(4-6-20)16-27-24(31)19-15-23(30)26-17-19/h3-10,19,28H,11-17H2,1-2H3,(H,26,30)(H,27,31). The number of amides is 2. The molecular weight excluding hydrogens is 388 g/mol. The van der Waals surface area contributed by atoms with E-state index in [1.54, 1.807) is 0 Å². The molecule has 0 aromatic heterocycles. The maximum atomic E-state index is 12.1. The lowest BCUT2D eigenvalue weighted by molar-refractivity contribution is -0.126. The van der Waals surface area contributed by atoms with E-state index in [1.807, 2.05) is 24.3 Å². The number of hydrogen-bond donors (Lipinski definition) is 3. The summed E-state index contributed by atoms with van der Waals surface area (Å²) < 4.78 is 0. The molecule has 2 aliphatic rings. The Kier molecular flexibility index (Phi) is 6.16. The van der Waals surface area contributed by atoms with Crippen LogP contribution in [0.3, 0.4) is 0 Å². The van der Waals surface area contributed by atoms with Crippen molar-refractivity contribution in [1.82, 2.24) is 10.6 Å². The minimum absolute atomic E-state index is 0.0523. The first kappa shape index (κ1) is 21.2. The van der Waals surface area contributed by atoms with E-state index < -0.39 is 0 Å². The first-order valence-corrected chi connectivity index (χ1v) is 11.1. The Balaban J connectivity index is 1.27. The second kappa shape index (κ2) is 9.00. The number of rotatable bonds is 6. The van der Waals surface area contributed by atoms with Gasteiger partial charge in [-0.3, -0.25) is 9.59 Å². The molecule has 2 aromatic carbocycles. The predicted octanol–water partition coefficient (Wildman–Crippen LogP) is 3.81. The first-order chi connectivity index (χ1) is 14.9. The van der Waals surface area contributed by atoms with E-state index in [0.717, 1.165) is 30.0 Å². The highest BCUT2D eigenvalue weighted by atomic mass is 16.2. The lowest BCUT2D eigenvalue weighted by Gasteiger charge is -2.38. The second-order valence-corrected chi connectivity index (χ2v) is 9.44. The van der Waals surface area contributed by atoms with E-state index in [1.165, 1.54) is 18.5 Å². The average Bonchev–Trinajstić information content (AvgIpc) is 3.20. The average molecular weight is 421 g/mol. The van der Waals surface area contributed by atoms with Crippen LogP contribution in [0.5, 0.6) is 0 Å². The van der Waals surface area contributed by atoms with Crippen LogP contribution in [0.2, 0.25) is 0 Å². The van der Waals surface area contributed by atoms with Crippen molar-refractivity contribution in [3.8, 4) is 0 Å². The molecule has 2 aromatic rings. The van der Waals surface area contributed by atoms with Gasteiger partial charge in [-0.15, -0.1) is 0 Å². The van der Waals surface area contributed by atoms with Crippen LogP contribution in [0.4, 0.5) is 17.1 Å². The summed E-state index contributed by atoms with van der Waals surface area (Å²) in [5, 5.41) is 9.05. The molecule has 0 spiro atoms. The van der Waals surface area contributed by atoms with Crippen molar-refractivity contribution in [2.45, 2.75) is 39.7 Å². The molecule has 2 heterocycles. The van der Waals surface area contributed by atoms with Gasteiger partial charge < -0.3 is 20.9 Å². The molecule has 4 rings (SSSR count). The zero-order valence-electron chi connectivity index (χ0n) is 18.4. The summed E-state index contributed by atoms with van der Waals surface area (Å²) in [7, 11) is 0. The maximum Gasteiger partial charge on any atom is 0.225 e. The Morgan fingerprint density at radius 2 is 1.65 bits per heavy atom. The van der Waals surface area contributed by atoms with Crippen LogP contribution < -0.4 is 20.9 Å². The highest BCUT2D eigenvalue weighted by molar-refractivity contribution is 5.89. The molecule has 2 saturated heterocycles. The van der Waals surface area contributed by atoms with Crippen LogP contribution >= 0.6 is 0 Å². The van der Waals surface area contributed by atoms with Crippen molar-refractivity contribution in [3.05, 3.63) is 54.1 Å². The molecule has 2 fully saturated rings. The van der Waals surface area contributed by atoms with Gasteiger partial charge in [-0.1, -0.05) is 26.0 Å². The number of nitrogens with zero attached hydrogens (tertiary/aromatic N) is 1. The van der Waals surface area contributed by atoms with E-state index >= 15 is 0 Å². The third-order valence-electron chi connectivity index (χ3n) is 6.41. The summed E-state index contributed by atoms with van der Waals surface area (Å²) in [5.41, 5.74) is 4.83. The summed E-state index contributed by atoms with van der Waals surface area (Å²) in [6.45, 7) is 7.83. The van der Waals surface area contributed by atoms with Gasteiger partial charge in [-0.2, -0.15) is 0 Å². The lowest BCUT2D eigenvalue weighted by atomic mass is 9.82. The summed E-state index contributed by atoms with van der Waals surface area (Å²) in [6.07, 6.45) is 2.74. The molecule has 2 aliphatic heterocycles. The summed E-state index contributed by atoms with van der Waals surface area (Å²) >= 11 is 0. The number of nitrogens with one attached hydrogen (secondary N) is 3. The minimum Gasteiger partial charge on any atom is -0.371 e. The van der Waals surface area contributed by atoms with Gasteiger partial charge >= 0.3 is 0 Å². The van der Waals surface area contributed by atoms with Crippen LogP contribution in [0.15, 0.2) is 48.5 Å². The van der Waals surface area contributed by atoms with E-state index in [-0.39, 0.29) is 24.2 Å². The van der Waals surface area contributed by atoms with Gasteiger partial charge in [0.15, 0.2) is 0 Å². The highest BCUT2D eigenvalue weighted by Crippen LogP contribution is 2.32. The SMILES string of the molecule is CC1(C)CCN(c2ccc(Nc3ccc(CNC(=O)C4CNC(=O)C4)cc3)cc2)CC1. The van der Waals surface area contributed by atoms with Crippen LogP contribution in [-0.4, -0.2) is 31.4 Å². The molecule has 2 amide bonds. The van der Waals surface area contributed by atoms with Crippen molar-refractivity contribution >= 4 is 28.9 Å².